The van der Waals surface area contributed by atoms with E-state index in [2.05, 4.69) is 32.3 Å². The first-order valence-corrected chi connectivity index (χ1v) is 7.37. The Kier molecular flexibility index (Phi) is 10.1. The Morgan fingerprint density at radius 3 is 2.29 bits per heavy atom. The van der Waals surface area contributed by atoms with Gasteiger partial charge in [0.15, 0.2) is 0 Å². The minimum atomic E-state index is 0.694. The van der Waals surface area contributed by atoms with Crippen LogP contribution < -0.4 is 5.32 Å². The Morgan fingerprint density at radius 1 is 1.14 bits per heavy atom. The molecule has 0 aromatic heterocycles. The Balaban J connectivity index is 3.37. The van der Waals surface area contributed by atoms with Crippen LogP contribution in [0.1, 0.15) is 46.5 Å². The highest BCUT2D eigenvalue weighted by Gasteiger charge is 2.11. The molecule has 0 heterocycles. The number of hydrogen-bond donors (Lipinski definition) is 1. The first-order chi connectivity index (χ1) is 6.76. The lowest BCUT2D eigenvalue weighted by Crippen LogP contribution is -2.33. The van der Waals surface area contributed by atoms with Crippen LogP contribution in [0.5, 0.6) is 0 Å². The van der Waals surface area contributed by atoms with Crippen molar-refractivity contribution < 1.29 is 0 Å². The summed E-state index contributed by atoms with van der Waals surface area (Å²) in [5.41, 5.74) is 0. The van der Waals surface area contributed by atoms with Crippen LogP contribution in [0.3, 0.4) is 0 Å². The van der Waals surface area contributed by atoms with Gasteiger partial charge in [-0.3, -0.25) is 0 Å². The molecule has 0 fully saturated rings. The highest BCUT2D eigenvalue weighted by molar-refractivity contribution is 7.98. The molecule has 0 amide bonds. The van der Waals surface area contributed by atoms with Crippen LogP contribution in [0.15, 0.2) is 0 Å². The fraction of sp³-hybridized carbons (Fsp3) is 1.00. The van der Waals surface area contributed by atoms with Gasteiger partial charge in [0, 0.05) is 6.04 Å². The maximum absolute atomic E-state index is 3.63. The Bertz CT molecular complexity index is 113. The third-order valence-electron chi connectivity index (χ3n) is 3.00. The quantitative estimate of drug-likeness (QED) is 0.593. The minimum absolute atomic E-state index is 0.694. The number of nitrogens with one attached hydrogen (secondary N) is 1. The molecule has 14 heavy (non-hydrogen) atoms. The normalized spacial score (nSPS) is 13.5. The Labute approximate surface area is 94.4 Å². The molecule has 0 saturated heterocycles. The molecule has 0 rings (SSSR count). The molecular formula is C12H27NS. The van der Waals surface area contributed by atoms with Gasteiger partial charge in [-0.15, -0.1) is 0 Å². The van der Waals surface area contributed by atoms with E-state index >= 15 is 0 Å². The zero-order chi connectivity index (χ0) is 10.8. The molecule has 86 valence electrons. The number of hydrogen-bond acceptors (Lipinski definition) is 2. The zero-order valence-corrected chi connectivity index (χ0v) is 11.1. The predicted molar refractivity (Wildman–Crippen MR) is 69.2 cm³/mol. The van der Waals surface area contributed by atoms with Crippen molar-refractivity contribution in [2.24, 2.45) is 5.92 Å². The van der Waals surface area contributed by atoms with E-state index in [0.29, 0.717) is 6.04 Å². The van der Waals surface area contributed by atoms with E-state index in [-0.39, 0.29) is 0 Å². The Morgan fingerprint density at radius 2 is 1.79 bits per heavy atom. The lowest BCUT2D eigenvalue weighted by atomic mass is 9.95. The summed E-state index contributed by atoms with van der Waals surface area (Å²) >= 11 is 1.95. The van der Waals surface area contributed by atoms with E-state index in [9.17, 15) is 0 Å². The van der Waals surface area contributed by atoms with Gasteiger partial charge >= 0.3 is 0 Å². The van der Waals surface area contributed by atoms with Crippen LogP contribution in [0, 0.1) is 5.92 Å². The lowest BCUT2D eigenvalue weighted by Gasteiger charge is -2.22. The van der Waals surface area contributed by atoms with Crippen LogP contribution in [-0.4, -0.2) is 24.6 Å². The fourth-order valence-electron chi connectivity index (χ4n) is 1.86. The van der Waals surface area contributed by atoms with Gasteiger partial charge in [0.05, 0.1) is 0 Å². The van der Waals surface area contributed by atoms with E-state index in [1.54, 1.807) is 0 Å². The summed E-state index contributed by atoms with van der Waals surface area (Å²) < 4.78 is 0. The average molecular weight is 217 g/mol. The molecule has 1 unspecified atom stereocenters. The van der Waals surface area contributed by atoms with Crippen LogP contribution >= 0.6 is 11.8 Å². The maximum Gasteiger partial charge on any atom is 0.00667 e. The van der Waals surface area contributed by atoms with Gasteiger partial charge in [0.1, 0.15) is 0 Å². The van der Waals surface area contributed by atoms with Gasteiger partial charge in [-0.1, -0.05) is 26.7 Å². The summed E-state index contributed by atoms with van der Waals surface area (Å²) in [6, 6.07) is 0.694. The first kappa shape index (κ1) is 14.3. The molecule has 1 atom stereocenters. The molecule has 0 aromatic rings. The van der Waals surface area contributed by atoms with E-state index < -0.39 is 0 Å². The largest absolute Gasteiger partial charge is 0.314 e. The second-order valence-corrected chi connectivity index (χ2v) is 5.00. The second-order valence-electron chi connectivity index (χ2n) is 4.02. The van der Waals surface area contributed by atoms with Crippen molar-refractivity contribution in [1.29, 1.82) is 0 Å². The van der Waals surface area contributed by atoms with Crippen LogP contribution in [0.2, 0.25) is 0 Å². The molecule has 0 aromatic carbocycles. The topological polar surface area (TPSA) is 12.0 Å². The second kappa shape index (κ2) is 9.85. The fourth-order valence-corrected chi connectivity index (χ4v) is 2.36. The van der Waals surface area contributed by atoms with Crippen molar-refractivity contribution in [1.82, 2.24) is 5.32 Å². The SMILES string of the molecule is CCC(CC)C(C)NCCCCSC. The molecule has 0 aliphatic rings. The third-order valence-corrected chi connectivity index (χ3v) is 3.69. The standard InChI is InChI=1S/C12H27NS/c1-5-12(6-2)11(3)13-9-7-8-10-14-4/h11-13H,5-10H2,1-4H3. The predicted octanol–water partition coefficient (Wildman–Crippen LogP) is 3.54. The third kappa shape index (κ3) is 6.72. The van der Waals surface area contributed by atoms with Crippen LogP contribution in [0.4, 0.5) is 0 Å². The molecule has 0 saturated carbocycles. The van der Waals surface area contributed by atoms with Crippen LogP contribution in [0.25, 0.3) is 0 Å². The number of thioether (sulfide) groups is 1. The summed E-state index contributed by atoms with van der Waals surface area (Å²) in [7, 11) is 0. The summed E-state index contributed by atoms with van der Waals surface area (Å²) in [5.74, 6) is 2.16. The van der Waals surface area contributed by atoms with E-state index in [0.717, 1.165) is 5.92 Å². The number of rotatable bonds is 9. The molecular weight excluding hydrogens is 190 g/mol. The van der Waals surface area contributed by atoms with Gasteiger partial charge < -0.3 is 5.32 Å². The molecule has 0 bridgehead atoms. The number of unbranched alkanes of at least 4 members (excludes halogenated alkanes) is 1. The summed E-state index contributed by atoms with van der Waals surface area (Å²) in [4.78, 5) is 0. The molecule has 1 nitrogen and oxygen atoms in total. The van der Waals surface area contributed by atoms with E-state index in [4.69, 9.17) is 0 Å². The van der Waals surface area contributed by atoms with Crippen molar-refractivity contribution in [2.75, 3.05) is 18.6 Å². The van der Waals surface area contributed by atoms with E-state index in [1.807, 2.05) is 11.8 Å². The smallest absolute Gasteiger partial charge is 0.00667 e. The highest BCUT2D eigenvalue weighted by atomic mass is 32.2. The molecule has 0 aliphatic heterocycles. The molecule has 2 heteroatoms. The van der Waals surface area contributed by atoms with Gasteiger partial charge in [-0.25, -0.2) is 0 Å². The molecule has 0 aliphatic carbocycles. The monoisotopic (exact) mass is 217 g/mol. The average Bonchev–Trinajstić information content (AvgIpc) is 2.19. The Hall–Kier alpha value is 0.310. The van der Waals surface area contributed by atoms with Gasteiger partial charge in [-0.05, 0) is 44.2 Å². The van der Waals surface area contributed by atoms with Crippen molar-refractivity contribution in [3.8, 4) is 0 Å². The highest BCUT2D eigenvalue weighted by Crippen LogP contribution is 2.12. The molecule has 0 radical (unpaired) electrons. The lowest BCUT2D eigenvalue weighted by molar-refractivity contribution is 0.353. The van der Waals surface area contributed by atoms with Crippen molar-refractivity contribution in [3.63, 3.8) is 0 Å². The van der Waals surface area contributed by atoms with Gasteiger partial charge in [0.2, 0.25) is 0 Å². The maximum atomic E-state index is 3.63. The van der Waals surface area contributed by atoms with Gasteiger partial charge in [-0.2, -0.15) is 11.8 Å². The van der Waals surface area contributed by atoms with Crippen molar-refractivity contribution in [2.45, 2.75) is 52.5 Å². The summed E-state index contributed by atoms with van der Waals surface area (Å²) in [6.07, 6.45) is 7.46. The minimum Gasteiger partial charge on any atom is -0.314 e. The van der Waals surface area contributed by atoms with Crippen molar-refractivity contribution in [3.05, 3.63) is 0 Å². The zero-order valence-electron chi connectivity index (χ0n) is 10.3. The molecule has 1 N–H and O–H groups in total. The summed E-state index contributed by atoms with van der Waals surface area (Å²) in [5, 5.41) is 3.63. The van der Waals surface area contributed by atoms with E-state index in [1.165, 1.54) is 38.0 Å². The van der Waals surface area contributed by atoms with Gasteiger partial charge in [0.25, 0.3) is 0 Å². The van der Waals surface area contributed by atoms with Crippen molar-refractivity contribution >= 4 is 11.8 Å². The van der Waals surface area contributed by atoms with Crippen LogP contribution in [-0.2, 0) is 0 Å². The summed E-state index contributed by atoms with van der Waals surface area (Å²) in [6.45, 7) is 8.10. The molecule has 0 spiro atoms. The first-order valence-electron chi connectivity index (χ1n) is 5.98.